The van der Waals surface area contributed by atoms with Gasteiger partial charge in [-0.2, -0.15) is 5.26 Å². The minimum Gasteiger partial charge on any atom is -0.326 e. The summed E-state index contributed by atoms with van der Waals surface area (Å²) in [5.41, 5.74) is 3.34. The molecule has 0 saturated heterocycles. The van der Waals surface area contributed by atoms with Gasteiger partial charge in [-0.25, -0.2) is 0 Å². The Bertz CT molecular complexity index is 906. The smallest absolute Gasteiger partial charge is 0.230 e. The van der Waals surface area contributed by atoms with Crippen molar-refractivity contribution in [3.05, 3.63) is 59.7 Å². The predicted octanol–water partition coefficient (Wildman–Crippen LogP) is 4.66. The number of hydrogen-bond acceptors (Lipinski definition) is 3. The van der Waals surface area contributed by atoms with Gasteiger partial charge in [0.15, 0.2) is 0 Å². The van der Waals surface area contributed by atoms with Crippen molar-refractivity contribution in [3.8, 4) is 6.07 Å². The molecule has 29 heavy (non-hydrogen) atoms. The summed E-state index contributed by atoms with van der Waals surface area (Å²) in [6.45, 7) is 4.66. The molecule has 0 aromatic heterocycles. The fourth-order valence-corrected chi connectivity index (χ4v) is 3.96. The fraction of sp³-hybridized carbons (Fsp3) is 0.375. The molecule has 150 valence electrons. The molecule has 3 rings (SSSR count). The maximum atomic E-state index is 13.1. The number of nitriles is 1. The van der Waals surface area contributed by atoms with Crippen LogP contribution in [0.4, 0.5) is 11.4 Å². The third-order valence-electron chi connectivity index (χ3n) is 5.62. The van der Waals surface area contributed by atoms with Crippen molar-refractivity contribution < 1.29 is 9.59 Å². The predicted molar refractivity (Wildman–Crippen MR) is 114 cm³/mol. The van der Waals surface area contributed by atoms with Crippen LogP contribution in [0.3, 0.4) is 0 Å². The molecule has 1 saturated carbocycles. The number of nitrogens with zero attached hydrogens (tertiary/aromatic N) is 2. The van der Waals surface area contributed by atoms with E-state index in [2.05, 4.69) is 11.4 Å². The quantitative estimate of drug-likeness (QED) is 0.808. The molecular formula is C24H27N3O2. The lowest BCUT2D eigenvalue weighted by molar-refractivity contribution is -0.126. The number of anilines is 2. The van der Waals surface area contributed by atoms with Gasteiger partial charge in [0.1, 0.15) is 0 Å². The molecule has 0 heterocycles. The van der Waals surface area contributed by atoms with Crippen molar-refractivity contribution in [3.63, 3.8) is 0 Å². The standard InChI is InChI=1S/C24H27N3O2/c1-3-27(22-6-4-5-17(2)15-22)24(29)20-11-9-19(10-12-20)23(28)26-21-13-7-18(16-25)8-14-21/h4-8,13-15,19-20H,3,9-12H2,1-2H3,(H,26,28). The highest BCUT2D eigenvalue weighted by molar-refractivity contribution is 5.96. The van der Waals surface area contributed by atoms with E-state index in [-0.39, 0.29) is 23.7 Å². The highest BCUT2D eigenvalue weighted by Gasteiger charge is 2.32. The summed E-state index contributed by atoms with van der Waals surface area (Å²) in [6.07, 6.45) is 2.88. The minimum atomic E-state index is -0.0799. The fourth-order valence-electron chi connectivity index (χ4n) is 3.96. The van der Waals surface area contributed by atoms with E-state index in [4.69, 9.17) is 5.26 Å². The lowest BCUT2D eigenvalue weighted by Gasteiger charge is -2.31. The topological polar surface area (TPSA) is 73.2 Å². The lowest BCUT2D eigenvalue weighted by atomic mass is 9.80. The molecule has 0 bridgehead atoms. The molecule has 0 radical (unpaired) electrons. The first-order valence-corrected chi connectivity index (χ1v) is 10.2. The number of amides is 2. The molecule has 2 amide bonds. The SMILES string of the molecule is CCN(C(=O)C1CCC(C(=O)Nc2ccc(C#N)cc2)CC1)c1cccc(C)c1. The van der Waals surface area contributed by atoms with Crippen molar-refractivity contribution in [2.24, 2.45) is 11.8 Å². The van der Waals surface area contributed by atoms with Crippen molar-refractivity contribution in [2.75, 3.05) is 16.8 Å². The first-order chi connectivity index (χ1) is 14.0. The maximum absolute atomic E-state index is 13.1. The van der Waals surface area contributed by atoms with Gasteiger partial charge in [-0.3, -0.25) is 9.59 Å². The number of carbonyl (C=O) groups excluding carboxylic acids is 2. The van der Waals surface area contributed by atoms with E-state index in [0.29, 0.717) is 30.6 Å². The third-order valence-corrected chi connectivity index (χ3v) is 5.62. The van der Waals surface area contributed by atoms with Crippen LogP contribution in [0, 0.1) is 30.1 Å². The Hall–Kier alpha value is -3.13. The number of nitrogens with one attached hydrogen (secondary N) is 1. The van der Waals surface area contributed by atoms with Crippen LogP contribution in [0.25, 0.3) is 0 Å². The second kappa shape index (κ2) is 9.38. The van der Waals surface area contributed by atoms with Gasteiger partial charge in [-0.05, 0) is 81.5 Å². The van der Waals surface area contributed by atoms with Crippen molar-refractivity contribution >= 4 is 23.2 Å². The van der Waals surface area contributed by atoms with Crippen molar-refractivity contribution in [1.29, 1.82) is 5.26 Å². The largest absolute Gasteiger partial charge is 0.326 e. The number of hydrogen-bond donors (Lipinski definition) is 1. The van der Waals surface area contributed by atoms with E-state index >= 15 is 0 Å². The van der Waals surface area contributed by atoms with Crippen LogP contribution in [-0.4, -0.2) is 18.4 Å². The number of benzene rings is 2. The van der Waals surface area contributed by atoms with E-state index in [1.165, 1.54) is 0 Å². The summed E-state index contributed by atoms with van der Waals surface area (Å²) < 4.78 is 0. The maximum Gasteiger partial charge on any atom is 0.230 e. The molecule has 1 fully saturated rings. The monoisotopic (exact) mass is 389 g/mol. The van der Waals surface area contributed by atoms with Crippen LogP contribution in [0.1, 0.15) is 43.7 Å². The Labute approximate surface area is 172 Å². The van der Waals surface area contributed by atoms with Gasteiger partial charge in [0, 0.05) is 29.8 Å². The van der Waals surface area contributed by atoms with E-state index in [0.717, 1.165) is 24.1 Å². The molecular weight excluding hydrogens is 362 g/mol. The molecule has 2 aromatic rings. The van der Waals surface area contributed by atoms with Gasteiger partial charge in [0.05, 0.1) is 11.6 Å². The zero-order valence-corrected chi connectivity index (χ0v) is 17.0. The summed E-state index contributed by atoms with van der Waals surface area (Å²) >= 11 is 0. The van der Waals surface area contributed by atoms with Gasteiger partial charge in [0.25, 0.3) is 0 Å². The number of aryl methyl sites for hydroxylation is 1. The van der Waals surface area contributed by atoms with E-state index in [1.54, 1.807) is 24.3 Å². The Morgan fingerprint density at radius 1 is 1.07 bits per heavy atom. The first kappa shape index (κ1) is 20.6. The Morgan fingerprint density at radius 2 is 1.72 bits per heavy atom. The van der Waals surface area contributed by atoms with Crippen LogP contribution in [0.2, 0.25) is 0 Å². The molecule has 0 aliphatic heterocycles. The van der Waals surface area contributed by atoms with Crippen LogP contribution < -0.4 is 10.2 Å². The normalized spacial score (nSPS) is 18.5. The van der Waals surface area contributed by atoms with E-state index < -0.39 is 0 Å². The van der Waals surface area contributed by atoms with Gasteiger partial charge >= 0.3 is 0 Å². The molecule has 2 aromatic carbocycles. The van der Waals surface area contributed by atoms with E-state index in [1.807, 2.05) is 43.0 Å². The second-order valence-electron chi connectivity index (χ2n) is 7.65. The molecule has 1 N–H and O–H groups in total. The van der Waals surface area contributed by atoms with Crippen molar-refractivity contribution in [2.45, 2.75) is 39.5 Å². The van der Waals surface area contributed by atoms with Gasteiger partial charge in [-0.1, -0.05) is 12.1 Å². The van der Waals surface area contributed by atoms with Crippen molar-refractivity contribution in [1.82, 2.24) is 0 Å². The summed E-state index contributed by atoms with van der Waals surface area (Å²) in [5, 5.41) is 11.8. The molecule has 0 unspecified atom stereocenters. The van der Waals surface area contributed by atoms with Gasteiger partial charge < -0.3 is 10.2 Å². The first-order valence-electron chi connectivity index (χ1n) is 10.2. The van der Waals surface area contributed by atoms with Crippen LogP contribution in [-0.2, 0) is 9.59 Å². The zero-order chi connectivity index (χ0) is 20.8. The summed E-state index contributed by atoms with van der Waals surface area (Å²) in [6, 6.07) is 17.0. The Kier molecular flexibility index (Phi) is 6.66. The molecule has 5 heteroatoms. The summed E-state index contributed by atoms with van der Waals surface area (Å²) in [5.74, 6) is 0.0360. The molecule has 5 nitrogen and oxygen atoms in total. The molecule has 0 spiro atoms. The number of rotatable bonds is 5. The molecule has 1 aliphatic rings. The lowest BCUT2D eigenvalue weighted by Crippen LogP contribution is -2.39. The minimum absolute atomic E-state index is 0.00774. The van der Waals surface area contributed by atoms with Gasteiger partial charge in [-0.15, -0.1) is 0 Å². The zero-order valence-electron chi connectivity index (χ0n) is 17.0. The van der Waals surface area contributed by atoms with Crippen LogP contribution >= 0.6 is 0 Å². The summed E-state index contributed by atoms with van der Waals surface area (Å²) in [7, 11) is 0. The molecule has 1 aliphatic carbocycles. The van der Waals surface area contributed by atoms with E-state index in [9.17, 15) is 9.59 Å². The van der Waals surface area contributed by atoms with Gasteiger partial charge in [0.2, 0.25) is 11.8 Å². The Morgan fingerprint density at radius 3 is 2.31 bits per heavy atom. The third kappa shape index (κ3) is 5.03. The average Bonchev–Trinajstić information content (AvgIpc) is 2.75. The molecule has 0 atom stereocenters. The second-order valence-corrected chi connectivity index (χ2v) is 7.65. The highest BCUT2D eigenvalue weighted by atomic mass is 16.2. The summed E-state index contributed by atoms with van der Waals surface area (Å²) in [4.78, 5) is 27.5. The van der Waals surface area contributed by atoms with Crippen LogP contribution in [0.5, 0.6) is 0 Å². The van der Waals surface area contributed by atoms with Crippen LogP contribution in [0.15, 0.2) is 48.5 Å². The highest BCUT2D eigenvalue weighted by Crippen LogP contribution is 2.32. The Balaban J connectivity index is 1.56. The number of carbonyl (C=O) groups is 2. The average molecular weight is 389 g/mol.